The zero-order chi connectivity index (χ0) is 22.6. The Bertz CT molecular complexity index is 916. The van der Waals surface area contributed by atoms with Gasteiger partial charge in [0.1, 0.15) is 0 Å². The smallest absolute Gasteiger partial charge is 0.475 e. The number of likely N-dealkylation sites (tertiary alicyclic amines) is 1. The van der Waals surface area contributed by atoms with Gasteiger partial charge in [-0.1, -0.05) is 6.07 Å². The Balaban J connectivity index is 0.000000339. The first-order valence-corrected chi connectivity index (χ1v) is 10.2. The maximum Gasteiger partial charge on any atom is 0.490 e. The molecule has 1 spiro atoms. The second-order valence-corrected chi connectivity index (χ2v) is 8.67. The monoisotopic (exact) mass is 459 g/mol. The van der Waals surface area contributed by atoms with E-state index in [4.69, 9.17) is 19.1 Å². The molecule has 2 aromatic rings. The summed E-state index contributed by atoms with van der Waals surface area (Å²) in [5.74, 6) is -1.49. The molecular formula is C19H20F3N3O5S. The summed E-state index contributed by atoms with van der Waals surface area (Å²) < 4.78 is 43.1. The van der Waals surface area contributed by atoms with Gasteiger partial charge in [0.2, 0.25) is 5.76 Å². The highest BCUT2D eigenvalue weighted by molar-refractivity contribution is 8.01. The quantitative estimate of drug-likeness (QED) is 0.744. The van der Waals surface area contributed by atoms with Gasteiger partial charge < -0.3 is 19.2 Å². The van der Waals surface area contributed by atoms with Crippen LogP contribution < -0.4 is 0 Å². The Morgan fingerprint density at radius 3 is 2.61 bits per heavy atom. The van der Waals surface area contributed by atoms with Crippen LogP contribution in [0.25, 0.3) is 0 Å². The molecule has 2 aliphatic heterocycles. The van der Waals surface area contributed by atoms with Crippen molar-refractivity contribution in [3.05, 3.63) is 47.9 Å². The molecule has 1 amide bonds. The molecule has 0 aromatic carbocycles. The average molecular weight is 459 g/mol. The fraction of sp³-hybridized carbons (Fsp3) is 0.474. The van der Waals surface area contributed by atoms with Gasteiger partial charge in [-0.15, -0.1) is 11.8 Å². The molecule has 0 radical (unpaired) electrons. The Hall–Kier alpha value is -2.60. The molecule has 2 saturated heterocycles. The van der Waals surface area contributed by atoms with Gasteiger partial charge in [0, 0.05) is 25.0 Å². The molecule has 4 rings (SSSR count). The van der Waals surface area contributed by atoms with E-state index in [0.717, 1.165) is 31.0 Å². The number of aliphatic carboxylic acids is 1. The summed E-state index contributed by atoms with van der Waals surface area (Å²) in [6, 6.07) is 5.85. The molecule has 1 N–H and O–H groups in total. The van der Waals surface area contributed by atoms with Crippen LogP contribution in [0.5, 0.6) is 0 Å². The molecule has 1 unspecified atom stereocenters. The number of ether oxygens (including phenoxy) is 1. The summed E-state index contributed by atoms with van der Waals surface area (Å²) in [6.07, 6.45) is -0.779. The predicted molar refractivity (Wildman–Crippen MR) is 103 cm³/mol. The van der Waals surface area contributed by atoms with Crippen LogP contribution in [0.15, 0.2) is 35.2 Å². The number of rotatable bonds is 4. The molecule has 4 heterocycles. The van der Waals surface area contributed by atoms with Gasteiger partial charge in [-0.05, 0) is 25.5 Å². The number of pyridine rings is 1. The van der Waals surface area contributed by atoms with E-state index < -0.39 is 12.1 Å². The first-order valence-electron chi connectivity index (χ1n) is 9.24. The fourth-order valence-corrected chi connectivity index (χ4v) is 4.81. The molecule has 2 aliphatic rings. The predicted octanol–water partition coefficient (Wildman–Crippen LogP) is 2.93. The SMILES string of the molecule is Cc1ncoc1C(=O)N1CC2(CC(OCc3ccccn3)CS2)C1.O=C(O)C(F)(F)F. The number of aryl methyl sites for hydroxylation is 1. The lowest BCUT2D eigenvalue weighted by molar-refractivity contribution is -0.192. The Kier molecular flexibility index (Phi) is 6.90. The van der Waals surface area contributed by atoms with Gasteiger partial charge in [0.15, 0.2) is 6.39 Å². The maximum atomic E-state index is 12.4. The van der Waals surface area contributed by atoms with E-state index in [2.05, 4.69) is 9.97 Å². The van der Waals surface area contributed by atoms with Crippen molar-refractivity contribution >= 4 is 23.6 Å². The van der Waals surface area contributed by atoms with E-state index in [1.165, 1.54) is 6.39 Å². The number of thioether (sulfide) groups is 1. The number of carboxylic acid groups (broad SMARTS) is 1. The van der Waals surface area contributed by atoms with Crippen LogP contribution in [0.3, 0.4) is 0 Å². The van der Waals surface area contributed by atoms with E-state index in [0.29, 0.717) is 18.1 Å². The van der Waals surface area contributed by atoms with Gasteiger partial charge in [-0.25, -0.2) is 9.78 Å². The molecule has 2 aromatic heterocycles. The largest absolute Gasteiger partial charge is 0.490 e. The highest BCUT2D eigenvalue weighted by atomic mass is 32.2. The number of hydrogen-bond donors (Lipinski definition) is 1. The lowest BCUT2D eigenvalue weighted by Gasteiger charge is -2.47. The van der Waals surface area contributed by atoms with Crippen LogP contribution in [-0.2, 0) is 16.1 Å². The van der Waals surface area contributed by atoms with E-state index in [-0.39, 0.29) is 16.8 Å². The maximum absolute atomic E-state index is 12.4. The number of amides is 1. The minimum Gasteiger partial charge on any atom is -0.475 e. The summed E-state index contributed by atoms with van der Waals surface area (Å²) >= 11 is 1.91. The Labute approximate surface area is 179 Å². The molecule has 0 bridgehead atoms. The molecule has 1 atom stereocenters. The minimum absolute atomic E-state index is 0.0610. The fourth-order valence-electron chi connectivity index (χ4n) is 3.26. The van der Waals surface area contributed by atoms with Gasteiger partial charge >= 0.3 is 12.1 Å². The van der Waals surface area contributed by atoms with Crippen molar-refractivity contribution in [2.75, 3.05) is 18.8 Å². The zero-order valence-corrected chi connectivity index (χ0v) is 17.3. The van der Waals surface area contributed by atoms with E-state index in [1.54, 1.807) is 13.1 Å². The summed E-state index contributed by atoms with van der Waals surface area (Å²) in [4.78, 5) is 31.4. The van der Waals surface area contributed by atoms with Crippen molar-refractivity contribution < 1.29 is 37.0 Å². The van der Waals surface area contributed by atoms with Crippen LogP contribution in [-0.4, -0.2) is 67.7 Å². The lowest BCUT2D eigenvalue weighted by atomic mass is 9.92. The first-order chi connectivity index (χ1) is 14.6. The Morgan fingerprint density at radius 2 is 2.06 bits per heavy atom. The van der Waals surface area contributed by atoms with Crippen LogP contribution in [0, 0.1) is 6.92 Å². The summed E-state index contributed by atoms with van der Waals surface area (Å²) in [6.45, 7) is 3.83. The lowest BCUT2D eigenvalue weighted by Crippen LogP contribution is -2.60. The highest BCUT2D eigenvalue weighted by Crippen LogP contribution is 2.46. The number of carboxylic acids is 1. The molecule has 8 nitrogen and oxygen atoms in total. The number of hydrogen-bond acceptors (Lipinski definition) is 7. The van der Waals surface area contributed by atoms with Gasteiger partial charge in [0.05, 0.1) is 28.8 Å². The van der Waals surface area contributed by atoms with Gasteiger partial charge in [-0.2, -0.15) is 13.2 Å². The van der Waals surface area contributed by atoms with Crippen molar-refractivity contribution in [1.29, 1.82) is 0 Å². The molecule has 0 saturated carbocycles. The van der Waals surface area contributed by atoms with Crippen molar-refractivity contribution in [3.8, 4) is 0 Å². The van der Waals surface area contributed by atoms with E-state index in [9.17, 15) is 18.0 Å². The van der Waals surface area contributed by atoms with E-state index in [1.807, 2.05) is 34.9 Å². The second-order valence-electron chi connectivity index (χ2n) is 7.18. The molecule has 2 fully saturated rings. The number of oxazole rings is 1. The third-order valence-electron chi connectivity index (χ3n) is 4.80. The number of carbonyl (C=O) groups is 2. The Morgan fingerprint density at radius 1 is 1.35 bits per heavy atom. The van der Waals surface area contributed by atoms with Crippen LogP contribution in [0.2, 0.25) is 0 Å². The first kappa shape index (κ1) is 23.1. The minimum atomic E-state index is -5.08. The highest BCUT2D eigenvalue weighted by Gasteiger charge is 2.51. The number of halogens is 3. The summed E-state index contributed by atoms with van der Waals surface area (Å²) in [7, 11) is 0. The van der Waals surface area contributed by atoms with Gasteiger partial charge in [-0.3, -0.25) is 9.78 Å². The zero-order valence-electron chi connectivity index (χ0n) is 16.5. The summed E-state index contributed by atoms with van der Waals surface area (Å²) in [5.41, 5.74) is 1.60. The van der Waals surface area contributed by atoms with Crippen molar-refractivity contribution in [1.82, 2.24) is 14.9 Å². The third kappa shape index (κ3) is 5.76. The van der Waals surface area contributed by atoms with Crippen LogP contribution in [0.4, 0.5) is 13.2 Å². The second kappa shape index (κ2) is 9.27. The number of alkyl halides is 3. The third-order valence-corrected chi connectivity index (χ3v) is 6.37. The standard InChI is InChI=1S/C17H19N3O3S.C2HF3O2/c1-12-15(23-11-19-12)16(21)20-9-17(10-20)6-14(8-24-17)22-7-13-4-2-3-5-18-13;3-2(4,5)1(6)7/h2-5,11,14H,6-10H2,1H3;(H,6,7). The molecule has 0 aliphatic carbocycles. The van der Waals surface area contributed by atoms with Gasteiger partial charge in [0.25, 0.3) is 5.91 Å². The van der Waals surface area contributed by atoms with Crippen LogP contribution in [0.1, 0.15) is 28.4 Å². The number of aromatic nitrogens is 2. The van der Waals surface area contributed by atoms with Crippen LogP contribution >= 0.6 is 11.8 Å². The average Bonchev–Trinajstić information content (AvgIpc) is 3.32. The topological polar surface area (TPSA) is 106 Å². The number of nitrogens with zero attached hydrogens (tertiary/aromatic N) is 3. The molecule has 168 valence electrons. The van der Waals surface area contributed by atoms with E-state index >= 15 is 0 Å². The molecule has 12 heteroatoms. The van der Waals surface area contributed by atoms with Crippen molar-refractivity contribution in [2.45, 2.75) is 37.0 Å². The number of carbonyl (C=O) groups excluding carboxylic acids is 1. The molecular weight excluding hydrogens is 439 g/mol. The normalized spacial score (nSPS) is 19.5. The summed E-state index contributed by atoms with van der Waals surface area (Å²) in [5, 5.41) is 7.12. The molecule has 31 heavy (non-hydrogen) atoms. The van der Waals surface area contributed by atoms with Crippen molar-refractivity contribution in [3.63, 3.8) is 0 Å². The van der Waals surface area contributed by atoms with Crippen molar-refractivity contribution in [2.24, 2.45) is 0 Å².